The Labute approximate surface area is 139 Å². The van der Waals surface area contributed by atoms with E-state index >= 15 is 0 Å². The molecule has 1 aromatic rings. The number of ether oxygens (including phenoxy) is 2. The maximum absolute atomic E-state index is 12.2. The zero-order chi connectivity index (χ0) is 17.4. The lowest BCUT2D eigenvalue weighted by atomic mass is 10.0. The molecule has 1 amide bonds. The first-order chi connectivity index (χ1) is 10.9. The highest BCUT2D eigenvalue weighted by molar-refractivity contribution is 5.81. The average Bonchev–Trinajstić information content (AvgIpc) is 2.48. The molecule has 0 spiro atoms. The topological polar surface area (TPSA) is 73.6 Å². The van der Waals surface area contributed by atoms with Gasteiger partial charge in [-0.05, 0) is 50.8 Å². The van der Waals surface area contributed by atoms with Gasteiger partial charge in [-0.1, -0.05) is 19.9 Å². The van der Waals surface area contributed by atoms with E-state index in [4.69, 9.17) is 15.2 Å². The summed E-state index contributed by atoms with van der Waals surface area (Å²) in [6, 6.07) is 5.10. The van der Waals surface area contributed by atoms with Gasteiger partial charge >= 0.3 is 0 Å². The summed E-state index contributed by atoms with van der Waals surface area (Å²) in [6.07, 6.45) is 0.673. The van der Waals surface area contributed by atoms with Crippen LogP contribution in [0.25, 0.3) is 0 Å². The number of carbonyl (C=O) groups excluding carboxylic acids is 1. The van der Waals surface area contributed by atoms with Crippen molar-refractivity contribution in [1.29, 1.82) is 0 Å². The highest BCUT2D eigenvalue weighted by Gasteiger charge is 2.18. The number of hydrogen-bond donors (Lipinski definition) is 2. The first-order valence-corrected chi connectivity index (χ1v) is 8.34. The van der Waals surface area contributed by atoms with Gasteiger partial charge < -0.3 is 20.5 Å². The summed E-state index contributed by atoms with van der Waals surface area (Å²) in [4.78, 5) is 12.2. The van der Waals surface area contributed by atoms with Crippen molar-refractivity contribution in [2.75, 3.05) is 13.2 Å². The van der Waals surface area contributed by atoms with Gasteiger partial charge in [0.2, 0.25) is 5.91 Å². The molecule has 5 heteroatoms. The monoisotopic (exact) mass is 322 g/mol. The van der Waals surface area contributed by atoms with Crippen LogP contribution in [0.5, 0.6) is 11.5 Å². The molecule has 0 aliphatic heterocycles. The molecule has 3 N–H and O–H groups in total. The molecule has 0 aliphatic carbocycles. The van der Waals surface area contributed by atoms with Gasteiger partial charge in [0.1, 0.15) is 0 Å². The van der Waals surface area contributed by atoms with E-state index in [-0.39, 0.29) is 11.9 Å². The molecule has 1 aromatic carbocycles. The van der Waals surface area contributed by atoms with Gasteiger partial charge in [-0.15, -0.1) is 0 Å². The van der Waals surface area contributed by atoms with Crippen LogP contribution in [0.15, 0.2) is 18.2 Å². The number of rotatable bonds is 9. The summed E-state index contributed by atoms with van der Waals surface area (Å²) in [7, 11) is 0. The third kappa shape index (κ3) is 6.10. The largest absolute Gasteiger partial charge is 0.490 e. The predicted octanol–water partition coefficient (Wildman–Crippen LogP) is 3.03. The van der Waals surface area contributed by atoms with E-state index in [1.54, 1.807) is 0 Å². The zero-order valence-corrected chi connectivity index (χ0v) is 14.9. The number of hydrogen-bond acceptors (Lipinski definition) is 4. The van der Waals surface area contributed by atoms with Crippen molar-refractivity contribution >= 4 is 5.91 Å². The average molecular weight is 322 g/mol. The van der Waals surface area contributed by atoms with E-state index in [0.29, 0.717) is 37.1 Å². The summed E-state index contributed by atoms with van der Waals surface area (Å²) in [6.45, 7) is 11.0. The second kappa shape index (κ2) is 9.40. The first kappa shape index (κ1) is 19.3. The fraction of sp³-hybridized carbons (Fsp3) is 0.611. The number of nitrogens with two attached hydrogens (primary N) is 1. The molecule has 0 aliphatic rings. The van der Waals surface area contributed by atoms with Crippen LogP contribution in [0.4, 0.5) is 0 Å². The van der Waals surface area contributed by atoms with Gasteiger partial charge in [-0.25, -0.2) is 0 Å². The quantitative estimate of drug-likeness (QED) is 0.733. The molecule has 0 bridgehead atoms. The molecule has 2 atom stereocenters. The number of benzene rings is 1. The highest BCUT2D eigenvalue weighted by atomic mass is 16.5. The van der Waals surface area contributed by atoms with Crippen molar-refractivity contribution in [3.8, 4) is 11.5 Å². The number of nitrogens with one attached hydrogen (secondary N) is 1. The molecular formula is C18H30N2O3. The summed E-state index contributed by atoms with van der Waals surface area (Å²) in [5.74, 6) is 1.67. The van der Waals surface area contributed by atoms with Crippen molar-refractivity contribution in [2.24, 2.45) is 11.7 Å². The molecule has 0 aromatic heterocycles. The van der Waals surface area contributed by atoms with Crippen LogP contribution in [0.1, 0.15) is 52.6 Å². The van der Waals surface area contributed by atoms with Crippen molar-refractivity contribution in [1.82, 2.24) is 5.32 Å². The van der Waals surface area contributed by atoms with E-state index in [1.165, 1.54) is 0 Å². The van der Waals surface area contributed by atoms with Gasteiger partial charge in [0.05, 0.1) is 25.3 Å². The standard InChI is InChI=1S/C18H30N2O3/c1-6-22-16-9-8-14(11-17(16)23-7-2)13(5)20-18(21)15(19)10-12(3)4/h8-9,11-13,15H,6-7,10,19H2,1-5H3,(H,20,21)/t13?,15-/m0/s1. The van der Waals surface area contributed by atoms with Crippen LogP contribution >= 0.6 is 0 Å². The number of carbonyl (C=O) groups is 1. The molecule has 0 radical (unpaired) electrons. The van der Waals surface area contributed by atoms with Gasteiger partial charge in [0.15, 0.2) is 11.5 Å². The minimum atomic E-state index is -0.480. The van der Waals surface area contributed by atoms with E-state index in [1.807, 2.05) is 39.0 Å². The minimum absolute atomic E-state index is 0.127. The maximum atomic E-state index is 12.2. The second-order valence-electron chi connectivity index (χ2n) is 6.04. The predicted molar refractivity (Wildman–Crippen MR) is 92.8 cm³/mol. The molecule has 130 valence electrons. The molecule has 1 unspecified atom stereocenters. The normalized spacial score (nSPS) is 13.5. The summed E-state index contributed by atoms with van der Waals surface area (Å²) < 4.78 is 11.2. The van der Waals surface area contributed by atoms with Gasteiger partial charge in [-0.3, -0.25) is 4.79 Å². The fourth-order valence-electron chi connectivity index (χ4n) is 2.36. The van der Waals surface area contributed by atoms with Gasteiger partial charge in [0.25, 0.3) is 0 Å². The SMILES string of the molecule is CCOc1ccc(C(C)NC(=O)[C@@H](N)CC(C)C)cc1OCC. The molecular weight excluding hydrogens is 292 g/mol. The summed E-state index contributed by atoms with van der Waals surface area (Å²) in [5, 5.41) is 2.96. The Morgan fingerprint density at radius 2 is 1.74 bits per heavy atom. The van der Waals surface area contributed by atoms with E-state index < -0.39 is 6.04 Å². The Bertz CT molecular complexity index is 503. The molecule has 0 fully saturated rings. The highest BCUT2D eigenvalue weighted by Crippen LogP contribution is 2.30. The Kier molecular flexibility index (Phi) is 7.89. The Balaban J connectivity index is 2.80. The third-order valence-electron chi connectivity index (χ3n) is 3.49. The van der Waals surface area contributed by atoms with Crippen molar-refractivity contribution in [3.63, 3.8) is 0 Å². The minimum Gasteiger partial charge on any atom is -0.490 e. The molecule has 0 heterocycles. The molecule has 0 saturated heterocycles. The lowest BCUT2D eigenvalue weighted by Crippen LogP contribution is -2.42. The Morgan fingerprint density at radius 1 is 1.13 bits per heavy atom. The van der Waals surface area contributed by atoms with Crippen LogP contribution in [0, 0.1) is 5.92 Å². The fourth-order valence-corrected chi connectivity index (χ4v) is 2.36. The summed E-state index contributed by atoms with van der Waals surface area (Å²) in [5.41, 5.74) is 6.89. The van der Waals surface area contributed by atoms with Crippen molar-refractivity contribution in [3.05, 3.63) is 23.8 Å². The number of amides is 1. The zero-order valence-electron chi connectivity index (χ0n) is 14.9. The van der Waals surface area contributed by atoms with E-state index in [0.717, 1.165) is 5.56 Å². The molecule has 23 heavy (non-hydrogen) atoms. The molecule has 0 saturated carbocycles. The Hall–Kier alpha value is -1.75. The van der Waals surface area contributed by atoms with Crippen molar-refractivity contribution < 1.29 is 14.3 Å². The lowest BCUT2D eigenvalue weighted by Gasteiger charge is -2.20. The lowest BCUT2D eigenvalue weighted by molar-refractivity contribution is -0.123. The second-order valence-corrected chi connectivity index (χ2v) is 6.04. The van der Waals surface area contributed by atoms with Gasteiger partial charge in [0, 0.05) is 0 Å². The smallest absolute Gasteiger partial charge is 0.237 e. The van der Waals surface area contributed by atoms with Crippen LogP contribution in [0.2, 0.25) is 0 Å². The molecule has 1 rings (SSSR count). The van der Waals surface area contributed by atoms with E-state index in [2.05, 4.69) is 19.2 Å². The van der Waals surface area contributed by atoms with E-state index in [9.17, 15) is 4.79 Å². The maximum Gasteiger partial charge on any atom is 0.237 e. The van der Waals surface area contributed by atoms with Crippen LogP contribution in [-0.4, -0.2) is 25.2 Å². The van der Waals surface area contributed by atoms with Crippen LogP contribution < -0.4 is 20.5 Å². The van der Waals surface area contributed by atoms with Crippen LogP contribution in [0.3, 0.4) is 0 Å². The van der Waals surface area contributed by atoms with Crippen molar-refractivity contribution in [2.45, 2.75) is 53.1 Å². The third-order valence-corrected chi connectivity index (χ3v) is 3.49. The Morgan fingerprint density at radius 3 is 2.30 bits per heavy atom. The first-order valence-electron chi connectivity index (χ1n) is 8.34. The van der Waals surface area contributed by atoms with Gasteiger partial charge in [-0.2, -0.15) is 0 Å². The van der Waals surface area contributed by atoms with Crippen LogP contribution in [-0.2, 0) is 4.79 Å². The summed E-state index contributed by atoms with van der Waals surface area (Å²) >= 11 is 0. The molecule has 5 nitrogen and oxygen atoms in total.